The van der Waals surface area contributed by atoms with Gasteiger partial charge in [0.25, 0.3) is 0 Å². The molecule has 0 heterocycles. The van der Waals surface area contributed by atoms with Crippen LogP contribution in [0.2, 0.25) is 0 Å². The van der Waals surface area contributed by atoms with Crippen molar-refractivity contribution >= 4 is 5.78 Å². The fourth-order valence-corrected chi connectivity index (χ4v) is 2.46. The lowest BCUT2D eigenvalue weighted by Gasteiger charge is -2.14. The van der Waals surface area contributed by atoms with E-state index in [4.69, 9.17) is 14.2 Å². The standard InChI is InChI=1S/C15H19NO4/c1-16(2)8-10-6-9-7-11(18-3)14(19-4)15(20-5)12(9)13(10)17/h7-8H,6H2,1-5H3. The molecule has 0 fully saturated rings. The van der Waals surface area contributed by atoms with Gasteiger partial charge in [-0.2, -0.15) is 0 Å². The lowest BCUT2D eigenvalue weighted by atomic mass is 10.1. The Hall–Kier alpha value is -2.17. The summed E-state index contributed by atoms with van der Waals surface area (Å²) in [6, 6.07) is 1.84. The number of ketones is 1. The molecular weight excluding hydrogens is 258 g/mol. The molecule has 1 aromatic rings. The molecule has 0 unspecified atom stereocenters. The molecule has 1 aliphatic rings. The van der Waals surface area contributed by atoms with E-state index in [0.29, 0.717) is 29.2 Å². The van der Waals surface area contributed by atoms with Gasteiger partial charge in [-0.3, -0.25) is 4.79 Å². The van der Waals surface area contributed by atoms with E-state index in [1.54, 1.807) is 7.11 Å². The molecule has 5 nitrogen and oxygen atoms in total. The van der Waals surface area contributed by atoms with Crippen molar-refractivity contribution in [1.29, 1.82) is 0 Å². The number of nitrogens with zero attached hydrogens (tertiary/aromatic N) is 1. The van der Waals surface area contributed by atoms with Crippen molar-refractivity contribution in [2.45, 2.75) is 6.42 Å². The molecule has 0 atom stereocenters. The third kappa shape index (κ3) is 2.19. The number of benzene rings is 1. The second kappa shape index (κ2) is 5.45. The van der Waals surface area contributed by atoms with Crippen LogP contribution < -0.4 is 14.2 Å². The number of hydrogen-bond acceptors (Lipinski definition) is 5. The molecule has 0 bridgehead atoms. The van der Waals surface area contributed by atoms with Crippen molar-refractivity contribution < 1.29 is 19.0 Å². The predicted octanol–water partition coefficient (Wildman–Crippen LogP) is 1.90. The maximum absolute atomic E-state index is 12.5. The van der Waals surface area contributed by atoms with E-state index in [9.17, 15) is 4.79 Å². The summed E-state index contributed by atoms with van der Waals surface area (Å²) in [6.45, 7) is 0. The molecule has 0 spiro atoms. The average molecular weight is 277 g/mol. The van der Waals surface area contributed by atoms with E-state index in [1.807, 2.05) is 31.3 Å². The predicted molar refractivity (Wildman–Crippen MR) is 75.9 cm³/mol. The summed E-state index contributed by atoms with van der Waals surface area (Å²) in [5.74, 6) is 1.44. The van der Waals surface area contributed by atoms with Gasteiger partial charge in [-0.15, -0.1) is 0 Å². The zero-order valence-electron chi connectivity index (χ0n) is 12.4. The highest BCUT2D eigenvalue weighted by molar-refractivity contribution is 6.15. The van der Waals surface area contributed by atoms with Crippen LogP contribution in [0.25, 0.3) is 0 Å². The van der Waals surface area contributed by atoms with Crippen LogP contribution >= 0.6 is 0 Å². The van der Waals surface area contributed by atoms with Gasteiger partial charge in [0, 0.05) is 32.3 Å². The molecule has 1 aromatic carbocycles. The van der Waals surface area contributed by atoms with E-state index in [0.717, 1.165) is 11.1 Å². The Morgan fingerprint density at radius 2 is 1.75 bits per heavy atom. The Bertz CT molecular complexity index is 576. The highest BCUT2D eigenvalue weighted by Gasteiger charge is 2.32. The smallest absolute Gasteiger partial charge is 0.204 e. The molecule has 1 aliphatic carbocycles. The summed E-state index contributed by atoms with van der Waals surface area (Å²) in [5, 5.41) is 0. The van der Waals surface area contributed by atoms with Crippen LogP contribution in [-0.4, -0.2) is 46.1 Å². The lowest BCUT2D eigenvalue weighted by molar-refractivity contribution is 0.103. The Labute approximate surface area is 118 Å². The van der Waals surface area contributed by atoms with E-state index < -0.39 is 0 Å². The van der Waals surface area contributed by atoms with Gasteiger partial charge in [-0.25, -0.2) is 0 Å². The first-order valence-corrected chi connectivity index (χ1v) is 6.27. The van der Waals surface area contributed by atoms with Gasteiger partial charge in [0.05, 0.1) is 26.9 Å². The number of fused-ring (bicyclic) bond motifs is 1. The Kier molecular flexibility index (Phi) is 3.88. The fourth-order valence-electron chi connectivity index (χ4n) is 2.46. The summed E-state index contributed by atoms with van der Waals surface area (Å²) in [7, 11) is 8.40. The van der Waals surface area contributed by atoms with Crippen molar-refractivity contribution in [1.82, 2.24) is 4.90 Å². The lowest BCUT2D eigenvalue weighted by Crippen LogP contribution is -2.07. The highest BCUT2D eigenvalue weighted by atomic mass is 16.5. The monoisotopic (exact) mass is 277 g/mol. The van der Waals surface area contributed by atoms with Crippen molar-refractivity contribution in [3.05, 3.63) is 29.0 Å². The molecule has 0 saturated carbocycles. The summed E-state index contributed by atoms with van der Waals surface area (Å²) < 4.78 is 16.0. The van der Waals surface area contributed by atoms with Crippen LogP contribution in [0.4, 0.5) is 0 Å². The van der Waals surface area contributed by atoms with Crippen LogP contribution in [0.5, 0.6) is 17.2 Å². The zero-order valence-corrected chi connectivity index (χ0v) is 12.4. The number of rotatable bonds is 4. The third-order valence-corrected chi connectivity index (χ3v) is 3.23. The first-order valence-electron chi connectivity index (χ1n) is 6.27. The minimum Gasteiger partial charge on any atom is -0.493 e. The summed E-state index contributed by atoms with van der Waals surface area (Å²) >= 11 is 0. The zero-order chi connectivity index (χ0) is 14.9. The largest absolute Gasteiger partial charge is 0.493 e. The second-order valence-corrected chi connectivity index (χ2v) is 4.80. The average Bonchev–Trinajstić information content (AvgIpc) is 2.72. The first kappa shape index (κ1) is 14.2. The number of Topliss-reactive ketones (excluding diaryl/α,β-unsaturated/α-hetero) is 1. The van der Waals surface area contributed by atoms with Crippen molar-refractivity contribution in [2.75, 3.05) is 35.4 Å². The van der Waals surface area contributed by atoms with E-state index in [2.05, 4.69) is 0 Å². The number of ether oxygens (including phenoxy) is 3. The molecule has 0 N–H and O–H groups in total. The maximum Gasteiger partial charge on any atom is 0.204 e. The van der Waals surface area contributed by atoms with Crippen LogP contribution in [0, 0.1) is 0 Å². The third-order valence-electron chi connectivity index (χ3n) is 3.23. The van der Waals surface area contributed by atoms with Crippen molar-refractivity contribution in [3.8, 4) is 17.2 Å². The highest BCUT2D eigenvalue weighted by Crippen LogP contribution is 2.45. The van der Waals surface area contributed by atoms with Crippen LogP contribution in [-0.2, 0) is 6.42 Å². The van der Waals surface area contributed by atoms with Crippen molar-refractivity contribution in [3.63, 3.8) is 0 Å². The summed E-state index contributed by atoms with van der Waals surface area (Å²) in [5.41, 5.74) is 2.20. The quantitative estimate of drug-likeness (QED) is 0.787. The minimum absolute atomic E-state index is 0.0218. The number of hydrogen-bond donors (Lipinski definition) is 0. The van der Waals surface area contributed by atoms with Gasteiger partial charge in [-0.05, 0) is 11.6 Å². The normalized spacial score (nSPS) is 15.2. The van der Waals surface area contributed by atoms with Gasteiger partial charge >= 0.3 is 0 Å². The molecule has 5 heteroatoms. The van der Waals surface area contributed by atoms with E-state index in [-0.39, 0.29) is 5.78 Å². The molecule has 0 aromatic heterocycles. The summed E-state index contributed by atoms with van der Waals surface area (Å²) in [4.78, 5) is 14.4. The molecular formula is C15H19NO4. The molecule has 0 radical (unpaired) electrons. The Balaban J connectivity index is 2.63. The van der Waals surface area contributed by atoms with Gasteiger partial charge in [0.2, 0.25) is 5.75 Å². The number of allylic oxidation sites excluding steroid dienone is 1. The molecule has 0 saturated heterocycles. The number of carbonyl (C=O) groups is 1. The van der Waals surface area contributed by atoms with E-state index >= 15 is 0 Å². The Morgan fingerprint density at radius 3 is 2.25 bits per heavy atom. The fraction of sp³-hybridized carbons (Fsp3) is 0.400. The molecule has 2 rings (SSSR count). The van der Waals surface area contributed by atoms with Gasteiger partial charge < -0.3 is 19.1 Å². The molecule has 0 aliphatic heterocycles. The van der Waals surface area contributed by atoms with E-state index in [1.165, 1.54) is 14.2 Å². The van der Waals surface area contributed by atoms with Gasteiger partial charge in [0.1, 0.15) is 0 Å². The first-order chi connectivity index (χ1) is 9.53. The van der Waals surface area contributed by atoms with Gasteiger partial charge in [-0.1, -0.05) is 0 Å². The Morgan fingerprint density at radius 1 is 1.10 bits per heavy atom. The second-order valence-electron chi connectivity index (χ2n) is 4.80. The minimum atomic E-state index is -0.0218. The molecule has 0 amide bonds. The van der Waals surface area contributed by atoms with Crippen molar-refractivity contribution in [2.24, 2.45) is 0 Å². The molecule has 20 heavy (non-hydrogen) atoms. The summed E-state index contributed by atoms with van der Waals surface area (Å²) in [6.07, 6.45) is 2.41. The maximum atomic E-state index is 12.5. The van der Waals surface area contributed by atoms with Crippen LogP contribution in [0.3, 0.4) is 0 Å². The topological polar surface area (TPSA) is 48.0 Å². The van der Waals surface area contributed by atoms with Gasteiger partial charge in [0.15, 0.2) is 17.3 Å². The van der Waals surface area contributed by atoms with Crippen LogP contribution in [0.15, 0.2) is 17.8 Å². The van der Waals surface area contributed by atoms with Crippen LogP contribution in [0.1, 0.15) is 15.9 Å². The number of methoxy groups -OCH3 is 3. The SMILES string of the molecule is COc1cc2c(c(OC)c1OC)C(=O)C(=CN(C)C)C2. The molecule has 108 valence electrons. The number of carbonyl (C=O) groups excluding carboxylic acids is 1.